The first kappa shape index (κ1) is 26.2. The zero-order chi connectivity index (χ0) is 22.5. The molecule has 170 valence electrons. The molecule has 0 amide bonds. The van der Waals surface area contributed by atoms with Gasteiger partial charge in [0.05, 0.1) is 11.1 Å². The van der Waals surface area contributed by atoms with Crippen molar-refractivity contribution in [2.24, 2.45) is 11.8 Å². The molecule has 2 atom stereocenters. The Kier molecular flexibility index (Phi) is 12.4. The molecular formula is C26H42O4. The van der Waals surface area contributed by atoms with Crippen LogP contribution in [0.2, 0.25) is 0 Å². The lowest BCUT2D eigenvalue weighted by Gasteiger charge is -2.23. The highest BCUT2D eigenvalue weighted by Gasteiger charge is 2.25. The number of benzene rings is 1. The summed E-state index contributed by atoms with van der Waals surface area (Å²) in [7, 11) is 0. The Balaban J connectivity index is 3.29. The van der Waals surface area contributed by atoms with Gasteiger partial charge in [0.15, 0.2) is 0 Å². The van der Waals surface area contributed by atoms with Crippen LogP contribution in [0.3, 0.4) is 0 Å². The highest BCUT2D eigenvalue weighted by Crippen LogP contribution is 2.30. The molecule has 0 bridgehead atoms. The maximum Gasteiger partial charge on any atom is 0.336 e. The van der Waals surface area contributed by atoms with Gasteiger partial charge in [0.1, 0.15) is 0 Å². The summed E-state index contributed by atoms with van der Waals surface area (Å²) in [4.78, 5) is 23.9. The SMILES string of the molecule is CCCCCC(CC)Cc1ccc(C(=O)O)c(C(=O)O)c1CC(CC)CCCCC. The highest BCUT2D eigenvalue weighted by atomic mass is 16.4. The van der Waals surface area contributed by atoms with Gasteiger partial charge in [-0.05, 0) is 41.9 Å². The smallest absolute Gasteiger partial charge is 0.336 e. The Morgan fingerprint density at radius 1 is 0.767 bits per heavy atom. The average molecular weight is 419 g/mol. The predicted molar refractivity (Wildman–Crippen MR) is 124 cm³/mol. The largest absolute Gasteiger partial charge is 0.478 e. The summed E-state index contributed by atoms with van der Waals surface area (Å²) < 4.78 is 0. The standard InChI is InChI=1S/C26H42O4/c1-5-9-11-13-19(7-3)17-21-15-16-22(25(27)28)24(26(29)30)23(21)18-20(8-4)14-12-10-6-2/h15-16,19-20H,5-14,17-18H2,1-4H3,(H,27,28)(H,29,30). The van der Waals surface area contributed by atoms with Crippen LogP contribution >= 0.6 is 0 Å². The molecule has 0 aromatic heterocycles. The lowest BCUT2D eigenvalue weighted by atomic mass is 9.82. The maximum absolute atomic E-state index is 12.1. The number of hydrogen-bond acceptors (Lipinski definition) is 2. The molecule has 0 saturated carbocycles. The van der Waals surface area contributed by atoms with Crippen LogP contribution in [0.5, 0.6) is 0 Å². The third-order valence-electron chi connectivity index (χ3n) is 6.44. The van der Waals surface area contributed by atoms with Crippen LogP contribution in [0, 0.1) is 11.8 Å². The average Bonchev–Trinajstić information content (AvgIpc) is 2.72. The number of carbonyl (C=O) groups is 2. The van der Waals surface area contributed by atoms with Crippen LogP contribution in [0.15, 0.2) is 12.1 Å². The second-order valence-electron chi connectivity index (χ2n) is 8.68. The fourth-order valence-electron chi connectivity index (χ4n) is 4.40. The monoisotopic (exact) mass is 418 g/mol. The summed E-state index contributed by atoms with van der Waals surface area (Å²) in [6.45, 7) is 8.73. The molecule has 1 rings (SSSR count). The fraction of sp³-hybridized carbons (Fsp3) is 0.692. The second-order valence-corrected chi connectivity index (χ2v) is 8.68. The van der Waals surface area contributed by atoms with Gasteiger partial charge in [-0.15, -0.1) is 0 Å². The molecular weight excluding hydrogens is 376 g/mol. The molecule has 0 spiro atoms. The lowest BCUT2D eigenvalue weighted by molar-refractivity contribution is 0.0650. The van der Waals surface area contributed by atoms with Crippen LogP contribution in [0.1, 0.15) is 124 Å². The van der Waals surface area contributed by atoms with Crippen molar-refractivity contribution in [3.05, 3.63) is 34.4 Å². The van der Waals surface area contributed by atoms with E-state index in [1.807, 2.05) is 6.07 Å². The van der Waals surface area contributed by atoms with Gasteiger partial charge in [0.2, 0.25) is 0 Å². The molecule has 1 aromatic rings. The Morgan fingerprint density at radius 3 is 1.73 bits per heavy atom. The first-order chi connectivity index (χ1) is 14.4. The number of carboxylic acids is 2. The zero-order valence-electron chi connectivity index (χ0n) is 19.5. The molecule has 4 heteroatoms. The van der Waals surface area contributed by atoms with Crippen molar-refractivity contribution in [1.82, 2.24) is 0 Å². The molecule has 1 aromatic carbocycles. The Labute approximate surface area is 183 Å². The van der Waals surface area contributed by atoms with E-state index in [-0.39, 0.29) is 11.1 Å². The van der Waals surface area contributed by atoms with E-state index in [1.165, 1.54) is 31.7 Å². The van der Waals surface area contributed by atoms with E-state index in [2.05, 4.69) is 27.7 Å². The van der Waals surface area contributed by atoms with Crippen molar-refractivity contribution in [2.75, 3.05) is 0 Å². The minimum absolute atomic E-state index is 0.0114. The summed E-state index contributed by atoms with van der Waals surface area (Å²) in [6.07, 6.45) is 12.8. The van der Waals surface area contributed by atoms with E-state index in [9.17, 15) is 19.8 Å². The maximum atomic E-state index is 12.1. The molecule has 0 fully saturated rings. The zero-order valence-corrected chi connectivity index (χ0v) is 19.5. The van der Waals surface area contributed by atoms with Crippen molar-refractivity contribution in [3.63, 3.8) is 0 Å². The first-order valence-electron chi connectivity index (χ1n) is 12.0. The van der Waals surface area contributed by atoms with Crippen LogP contribution in [-0.4, -0.2) is 22.2 Å². The lowest BCUT2D eigenvalue weighted by Crippen LogP contribution is -2.18. The molecule has 0 radical (unpaired) electrons. The van der Waals surface area contributed by atoms with Crippen molar-refractivity contribution >= 4 is 11.9 Å². The third kappa shape index (κ3) is 8.12. The molecule has 2 N–H and O–H groups in total. The summed E-state index contributed by atoms with van der Waals surface area (Å²) in [5.41, 5.74) is 1.73. The number of hydrogen-bond donors (Lipinski definition) is 2. The molecule has 0 aliphatic carbocycles. The van der Waals surface area contributed by atoms with Gasteiger partial charge >= 0.3 is 11.9 Å². The van der Waals surface area contributed by atoms with Crippen LogP contribution < -0.4 is 0 Å². The normalized spacial score (nSPS) is 13.2. The summed E-state index contributed by atoms with van der Waals surface area (Å²) in [5, 5.41) is 19.5. The van der Waals surface area contributed by atoms with E-state index in [1.54, 1.807) is 0 Å². The molecule has 0 heterocycles. The van der Waals surface area contributed by atoms with E-state index in [0.29, 0.717) is 18.3 Å². The van der Waals surface area contributed by atoms with Gasteiger partial charge in [-0.25, -0.2) is 9.59 Å². The fourth-order valence-corrected chi connectivity index (χ4v) is 4.40. The highest BCUT2D eigenvalue weighted by molar-refractivity contribution is 6.03. The van der Waals surface area contributed by atoms with E-state index < -0.39 is 11.9 Å². The van der Waals surface area contributed by atoms with Crippen LogP contribution in [0.25, 0.3) is 0 Å². The minimum atomic E-state index is -1.16. The van der Waals surface area contributed by atoms with Crippen LogP contribution in [-0.2, 0) is 12.8 Å². The van der Waals surface area contributed by atoms with E-state index in [0.717, 1.165) is 56.1 Å². The number of carboxylic acid groups (broad SMARTS) is 2. The summed E-state index contributed by atoms with van der Waals surface area (Å²) >= 11 is 0. The van der Waals surface area contributed by atoms with Gasteiger partial charge in [0, 0.05) is 0 Å². The molecule has 0 aliphatic rings. The third-order valence-corrected chi connectivity index (χ3v) is 6.44. The quantitative estimate of drug-likeness (QED) is 0.275. The Bertz CT molecular complexity index is 665. The number of rotatable bonds is 16. The van der Waals surface area contributed by atoms with Gasteiger partial charge < -0.3 is 10.2 Å². The Morgan fingerprint density at radius 2 is 1.30 bits per heavy atom. The van der Waals surface area contributed by atoms with Crippen molar-refractivity contribution < 1.29 is 19.8 Å². The van der Waals surface area contributed by atoms with Gasteiger partial charge in [-0.1, -0.05) is 98.0 Å². The molecule has 2 unspecified atom stereocenters. The number of unbranched alkanes of at least 4 members (excludes halogenated alkanes) is 4. The van der Waals surface area contributed by atoms with E-state index >= 15 is 0 Å². The predicted octanol–water partition coefficient (Wildman–Crippen LogP) is 7.38. The first-order valence-corrected chi connectivity index (χ1v) is 12.0. The molecule has 0 aliphatic heterocycles. The topological polar surface area (TPSA) is 74.6 Å². The molecule has 0 saturated heterocycles. The van der Waals surface area contributed by atoms with Crippen molar-refractivity contribution in [2.45, 2.75) is 105 Å². The van der Waals surface area contributed by atoms with Crippen molar-refractivity contribution in [3.8, 4) is 0 Å². The van der Waals surface area contributed by atoms with Crippen LogP contribution in [0.4, 0.5) is 0 Å². The van der Waals surface area contributed by atoms with E-state index in [4.69, 9.17) is 0 Å². The molecule has 4 nitrogen and oxygen atoms in total. The Hall–Kier alpha value is -1.84. The summed E-state index contributed by atoms with van der Waals surface area (Å²) in [5.74, 6) is -1.38. The minimum Gasteiger partial charge on any atom is -0.478 e. The molecule has 30 heavy (non-hydrogen) atoms. The van der Waals surface area contributed by atoms with Crippen molar-refractivity contribution in [1.29, 1.82) is 0 Å². The van der Waals surface area contributed by atoms with Gasteiger partial charge in [-0.3, -0.25) is 0 Å². The second kappa shape index (κ2) is 14.2. The number of aromatic carboxylic acids is 2. The van der Waals surface area contributed by atoms with Gasteiger partial charge in [0.25, 0.3) is 0 Å². The summed E-state index contributed by atoms with van der Waals surface area (Å²) in [6, 6.07) is 3.38. The van der Waals surface area contributed by atoms with Gasteiger partial charge in [-0.2, -0.15) is 0 Å².